The van der Waals surface area contributed by atoms with Gasteiger partial charge in [0.1, 0.15) is 11.7 Å². The molecule has 7 heteroatoms. The molecule has 1 N–H and O–H groups in total. The zero-order chi connectivity index (χ0) is 15.7. The third kappa shape index (κ3) is 2.64. The molecule has 6 nitrogen and oxygen atoms in total. The van der Waals surface area contributed by atoms with Gasteiger partial charge in [0, 0.05) is 6.54 Å². The maximum atomic E-state index is 13.2. The van der Waals surface area contributed by atoms with Crippen molar-refractivity contribution >= 4 is 17.8 Å². The molecule has 0 spiro atoms. The Labute approximate surface area is 120 Å². The number of carbonyl (C=O) groups is 3. The number of rotatable bonds is 4. The lowest BCUT2D eigenvalue weighted by Crippen LogP contribution is -2.41. The molecule has 0 bridgehead atoms. The molecule has 0 aromatic heterocycles. The van der Waals surface area contributed by atoms with Crippen molar-refractivity contribution < 1.29 is 28.6 Å². The summed E-state index contributed by atoms with van der Waals surface area (Å²) >= 11 is 0. The summed E-state index contributed by atoms with van der Waals surface area (Å²) in [6.45, 7) is 1.04. The number of aliphatic hydroxyl groups is 1. The average molecular weight is 295 g/mol. The quantitative estimate of drug-likeness (QED) is 0.649. The van der Waals surface area contributed by atoms with Crippen molar-refractivity contribution in [2.24, 2.45) is 5.92 Å². The van der Waals surface area contributed by atoms with Gasteiger partial charge in [0.25, 0.3) is 11.8 Å². The molecule has 2 amide bonds. The van der Waals surface area contributed by atoms with Gasteiger partial charge in [-0.15, -0.1) is 0 Å². The first kappa shape index (κ1) is 15.1. The molecule has 1 aliphatic rings. The number of benzene rings is 1. The molecule has 112 valence electrons. The Morgan fingerprint density at radius 3 is 2.52 bits per heavy atom. The molecule has 0 saturated carbocycles. The zero-order valence-corrected chi connectivity index (χ0v) is 11.5. The minimum absolute atomic E-state index is 0.0470. The fraction of sp³-hybridized carbons (Fsp3) is 0.357. The fourth-order valence-corrected chi connectivity index (χ4v) is 2.20. The van der Waals surface area contributed by atoms with Crippen molar-refractivity contribution in [1.82, 2.24) is 4.90 Å². The van der Waals surface area contributed by atoms with Crippen LogP contribution in [0.3, 0.4) is 0 Å². The lowest BCUT2D eigenvalue weighted by Gasteiger charge is -2.22. The molecule has 0 aliphatic carbocycles. The molecule has 1 aromatic carbocycles. The number of fused-ring (bicyclic) bond motifs is 1. The monoisotopic (exact) mass is 295 g/mol. The zero-order valence-electron chi connectivity index (χ0n) is 11.5. The highest BCUT2D eigenvalue weighted by molar-refractivity contribution is 6.21. The maximum Gasteiger partial charge on any atom is 0.313 e. The van der Waals surface area contributed by atoms with E-state index in [2.05, 4.69) is 4.74 Å². The molecule has 1 aromatic rings. The van der Waals surface area contributed by atoms with Crippen LogP contribution in [-0.2, 0) is 9.53 Å². The van der Waals surface area contributed by atoms with Crippen molar-refractivity contribution in [2.75, 3.05) is 13.7 Å². The number of hydrogen-bond acceptors (Lipinski definition) is 5. The third-order valence-corrected chi connectivity index (χ3v) is 3.40. The molecule has 0 fully saturated rings. The highest BCUT2D eigenvalue weighted by atomic mass is 19.1. The number of halogens is 1. The summed E-state index contributed by atoms with van der Waals surface area (Å²) in [6, 6.07) is 3.28. The van der Waals surface area contributed by atoms with Crippen LogP contribution in [0, 0.1) is 11.7 Å². The highest BCUT2D eigenvalue weighted by Crippen LogP contribution is 2.25. The minimum atomic E-state index is -1.10. The Kier molecular flexibility index (Phi) is 4.04. The number of esters is 1. The van der Waals surface area contributed by atoms with E-state index in [0.29, 0.717) is 0 Å². The Bertz CT molecular complexity index is 613. The van der Waals surface area contributed by atoms with Crippen molar-refractivity contribution in [2.45, 2.75) is 13.0 Å². The number of methoxy groups -OCH3 is 1. The third-order valence-electron chi connectivity index (χ3n) is 3.40. The molecular weight excluding hydrogens is 281 g/mol. The van der Waals surface area contributed by atoms with Crippen LogP contribution in [0.15, 0.2) is 18.2 Å². The van der Waals surface area contributed by atoms with Crippen molar-refractivity contribution in [3.05, 3.63) is 35.1 Å². The largest absolute Gasteiger partial charge is 0.469 e. The van der Waals surface area contributed by atoms with Gasteiger partial charge in [0.05, 0.1) is 24.3 Å². The van der Waals surface area contributed by atoms with E-state index < -0.39 is 35.6 Å². The molecule has 0 unspecified atom stereocenters. The average Bonchev–Trinajstić information content (AvgIpc) is 2.67. The summed E-state index contributed by atoms with van der Waals surface area (Å²) in [4.78, 5) is 36.7. The van der Waals surface area contributed by atoms with E-state index in [4.69, 9.17) is 0 Å². The number of aliphatic hydroxyl groups excluding tert-OH is 1. The first-order valence-electron chi connectivity index (χ1n) is 6.28. The molecule has 1 aliphatic heterocycles. The summed E-state index contributed by atoms with van der Waals surface area (Å²) in [6.07, 6.45) is -1.10. The van der Waals surface area contributed by atoms with Crippen LogP contribution in [-0.4, -0.2) is 47.5 Å². The second kappa shape index (κ2) is 5.61. The van der Waals surface area contributed by atoms with Crippen LogP contribution in [0.25, 0.3) is 0 Å². The number of ether oxygens (including phenoxy) is 1. The summed E-state index contributed by atoms with van der Waals surface area (Å²) in [5, 5.41) is 9.60. The molecular formula is C14H14FNO5. The lowest BCUT2D eigenvalue weighted by atomic mass is 10.0. The summed E-state index contributed by atoms with van der Waals surface area (Å²) in [5.74, 6) is -3.72. The normalized spacial score (nSPS) is 16.7. The smallest absolute Gasteiger partial charge is 0.313 e. The molecule has 0 radical (unpaired) electrons. The second-order valence-electron chi connectivity index (χ2n) is 4.78. The number of imide groups is 1. The van der Waals surface area contributed by atoms with Crippen LogP contribution >= 0.6 is 0 Å². The van der Waals surface area contributed by atoms with Crippen molar-refractivity contribution in [1.29, 1.82) is 0 Å². The summed E-state index contributed by atoms with van der Waals surface area (Å²) in [5.41, 5.74) is 0.0322. The molecule has 2 rings (SSSR count). The van der Waals surface area contributed by atoms with Crippen LogP contribution in [0.4, 0.5) is 4.39 Å². The van der Waals surface area contributed by atoms with Gasteiger partial charge in [0.15, 0.2) is 0 Å². The van der Waals surface area contributed by atoms with E-state index in [0.717, 1.165) is 24.1 Å². The van der Waals surface area contributed by atoms with Gasteiger partial charge in [-0.25, -0.2) is 4.39 Å². The minimum Gasteiger partial charge on any atom is -0.469 e. The van der Waals surface area contributed by atoms with Crippen LogP contribution < -0.4 is 0 Å². The second-order valence-corrected chi connectivity index (χ2v) is 4.78. The van der Waals surface area contributed by atoms with Crippen LogP contribution in [0.1, 0.15) is 27.6 Å². The van der Waals surface area contributed by atoms with Gasteiger partial charge in [-0.3, -0.25) is 19.3 Å². The van der Waals surface area contributed by atoms with Crippen molar-refractivity contribution in [3.8, 4) is 0 Å². The Balaban J connectivity index is 2.29. The first-order valence-corrected chi connectivity index (χ1v) is 6.28. The van der Waals surface area contributed by atoms with Gasteiger partial charge in [-0.05, 0) is 25.1 Å². The van der Waals surface area contributed by atoms with E-state index in [1.54, 1.807) is 0 Å². The first-order chi connectivity index (χ1) is 9.86. The van der Waals surface area contributed by atoms with E-state index in [1.807, 2.05) is 0 Å². The fourth-order valence-electron chi connectivity index (χ4n) is 2.20. The lowest BCUT2D eigenvalue weighted by molar-refractivity contribution is -0.149. The highest BCUT2D eigenvalue weighted by Gasteiger charge is 2.39. The van der Waals surface area contributed by atoms with Crippen LogP contribution in [0.5, 0.6) is 0 Å². The Morgan fingerprint density at radius 2 is 1.95 bits per heavy atom. The molecule has 0 saturated heterocycles. The SMILES string of the molecule is COC(=O)[C@H](CN1C(=O)c2ccc(F)cc2C1=O)[C@@H](C)O. The maximum absolute atomic E-state index is 13.2. The van der Waals surface area contributed by atoms with Crippen molar-refractivity contribution in [3.63, 3.8) is 0 Å². The van der Waals surface area contributed by atoms with E-state index in [9.17, 15) is 23.9 Å². The molecule has 1 heterocycles. The summed E-state index contributed by atoms with van der Waals surface area (Å²) in [7, 11) is 1.15. The van der Waals surface area contributed by atoms with Gasteiger partial charge < -0.3 is 9.84 Å². The number of carbonyl (C=O) groups excluding carboxylic acids is 3. The Hall–Kier alpha value is -2.28. The standard InChI is InChI=1S/C14H14FNO5/c1-7(17)11(14(20)21-2)6-16-12(18)9-4-3-8(15)5-10(9)13(16)19/h3-5,7,11,17H,6H2,1-2H3/t7-,11-/m1/s1. The predicted molar refractivity (Wildman–Crippen MR) is 69.0 cm³/mol. The molecule has 21 heavy (non-hydrogen) atoms. The number of amides is 2. The van der Waals surface area contributed by atoms with Gasteiger partial charge in [0.2, 0.25) is 0 Å². The van der Waals surface area contributed by atoms with Gasteiger partial charge in [-0.2, -0.15) is 0 Å². The molecule has 2 atom stereocenters. The van der Waals surface area contributed by atoms with Gasteiger partial charge >= 0.3 is 5.97 Å². The van der Waals surface area contributed by atoms with Crippen LogP contribution in [0.2, 0.25) is 0 Å². The van der Waals surface area contributed by atoms with Gasteiger partial charge in [-0.1, -0.05) is 0 Å². The topological polar surface area (TPSA) is 83.9 Å². The number of nitrogens with zero attached hydrogens (tertiary/aromatic N) is 1. The van der Waals surface area contributed by atoms with E-state index in [1.165, 1.54) is 13.0 Å². The Morgan fingerprint density at radius 1 is 1.33 bits per heavy atom. The number of hydrogen-bond donors (Lipinski definition) is 1. The van der Waals surface area contributed by atoms with E-state index in [-0.39, 0.29) is 17.7 Å². The summed E-state index contributed by atoms with van der Waals surface area (Å²) < 4.78 is 17.7. The van der Waals surface area contributed by atoms with E-state index >= 15 is 0 Å². The predicted octanol–water partition coefficient (Wildman–Crippen LogP) is 0.592.